The predicted octanol–water partition coefficient (Wildman–Crippen LogP) is 3.32. The van der Waals surface area contributed by atoms with E-state index in [1.165, 1.54) is 11.1 Å². The molecule has 1 unspecified atom stereocenters. The lowest BCUT2D eigenvalue weighted by atomic mass is 10.0. The summed E-state index contributed by atoms with van der Waals surface area (Å²) < 4.78 is 0. The minimum Gasteiger partial charge on any atom is -0.310 e. The van der Waals surface area contributed by atoms with Crippen molar-refractivity contribution in [1.29, 1.82) is 0 Å². The van der Waals surface area contributed by atoms with E-state index in [1.54, 1.807) is 0 Å². The average molecular weight is 198 g/mol. The SMILES string of the molecule is CCNC(C)c1cc(Cl)ccc1C. The van der Waals surface area contributed by atoms with Crippen LogP contribution in [0.15, 0.2) is 18.2 Å². The van der Waals surface area contributed by atoms with Crippen LogP contribution in [0.5, 0.6) is 0 Å². The standard InChI is InChI=1S/C11H16ClN/c1-4-13-9(3)11-7-10(12)6-5-8(11)2/h5-7,9,13H,4H2,1-3H3. The molecule has 0 bridgehead atoms. The van der Waals surface area contributed by atoms with Gasteiger partial charge < -0.3 is 5.32 Å². The zero-order valence-corrected chi connectivity index (χ0v) is 9.15. The number of halogens is 1. The molecule has 1 nitrogen and oxygen atoms in total. The minimum atomic E-state index is 0.378. The Labute approximate surface area is 85.1 Å². The van der Waals surface area contributed by atoms with Gasteiger partial charge in [-0.3, -0.25) is 0 Å². The van der Waals surface area contributed by atoms with Crippen LogP contribution < -0.4 is 5.32 Å². The monoisotopic (exact) mass is 197 g/mol. The summed E-state index contributed by atoms with van der Waals surface area (Å²) in [5.41, 5.74) is 2.58. The van der Waals surface area contributed by atoms with Crippen molar-refractivity contribution in [3.05, 3.63) is 34.3 Å². The van der Waals surface area contributed by atoms with E-state index in [4.69, 9.17) is 11.6 Å². The molecule has 0 aliphatic heterocycles. The molecule has 13 heavy (non-hydrogen) atoms. The third-order valence-corrected chi connectivity index (χ3v) is 2.45. The van der Waals surface area contributed by atoms with Crippen LogP contribution in [-0.2, 0) is 0 Å². The Hall–Kier alpha value is -0.530. The highest BCUT2D eigenvalue weighted by Gasteiger charge is 2.06. The highest BCUT2D eigenvalue weighted by atomic mass is 35.5. The zero-order chi connectivity index (χ0) is 9.84. The summed E-state index contributed by atoms with van der Waals surface area (Å²) in [6.45, 7) is 7.35. The maximum Gasteiger partial charge on any atom is 0.0409 e. The van der Waals surface area contributed by atoms with Gasteiger partial charge in [0.05, 0.1) is 0 Å². The summed E-state index contributed by atoms with van der Waals surface area (Å²) in [6, 6.07) is 6.40. The van der Waals surface area contributed by atoms with Crippen LogP contribution in [0.25, 0.3) is 0 Å². The molecule has 0 heterocycles. The molecule has 1 aromatic carbocycles. The zero-order valence-electron chi connectivity index (χ0n) is 8.39. The van der Waals surface area contributed by atoms with E-state index in [0.717, 1.165) is 11.6 Å². The first-order chi connectivity index (χ1) is 6.15. The first kappa shape index (κ1) is 10.6. The Morgan fingerprint density at radius 2 is 2.15 bits per heavy atom. The summed E-state index contributed by atoms with van der Waals surface area (Å²) in [7, 11) is 0. The van der Waals surface area contributed by atoms with E-state index in [2.05, 4.69) is 32.2 Å². The Bertz CT molecular complexity index is 283. The van der Waals surface area contributed by atoms with Gasteiger partial charge in [0, 0.05) is 11.1 Å². The molecule has 0 aromatic heterocycles. The molecule has 2 heteroatoms. The van der Waals surface area contributed by atoms with Crippen molar-refractivity contribution in [1.82, 2.24) is 5.32 Å². The van der Waals surface area contributed by atoms with Gasteiger partial charge in [-0.15, -0.1) is 0 Å². The Kier molecular flexibility index (Phi) is 3.76. The number of aryl methyl sites for hydroxylation is 1. The van der Waals surface area contributed by atoms with Crippen LogP contribution in [0, 0.1) is 6.92 Å². The third-order valence-electron chi connectivity index (χ3n) is 2.22. The molecule has 1 atom stereocenters. The van der Waals surface area contributed by atoms with Crippen LogP contribution >= 0.6 is 11.6 Å². The van der Waals surface area contributed by atoms with E-state index >= 15 is 0 Å². The highest BCUT2D eigenvalue weighted by molar-refractivity contribution is 6.30. The molecular weight excluding hydrogens is 182 g/mol. The molecule has 1 rings (SSSR count). The van der Waals surface area contributed by atoms with E-state index in [-0.39, 0.29) is 0 Å². The molecule has 0 saturated heterocycles. The fourth-order valence-corrected chi connectivity index (χ4v) is 1.67. The second-order valence-corrected chi connectivity index (χ2v) is 3.72. The molecule has 0 spiro atoms. The van der Waals surface area contributed by atoms with Crippen molar-refractivity contribution < 1.29 is 0 Å². The summed E-state index contributed by atoms with van der Waals surface area (Å²) in [6.07, 6.45) is 0. The van der Waals surface area contributed by atoms with Gasteiger partial charge in [0.25, 0.3) is 0 Å². The lowest BCUT2D eigenvalue weighted by Gasteiger charge is -2.15. The molecule has 0 aliphatic rings. The first-order valence-corrected chi connectivity index (χ1v) is 5.02. The minimum absolute atomic E-state index is 0.378. The average Bonchev–Trinajstić information content (AvgIpc) is 2.09. The molecule has 72 valence electrons. The van der Waals surface area contributed by atoms with Gasteiger partial charge in [-0.1, -0.05) is 24.6 Å². The molecule has 0 saturated carbocycles. The maximum absolute atomic E-state index is 5.93. The van der Waals surface area contributed by atoms with E-state index < -0.39 is 0 Å². The topological polar surface area (TPSA) is 12.0 Å². The van der Waals surface area contributed by atoms with Gasteiger partial charge in [0.15, 0.2) is 0 Å². The quantitative estimate of drug-likeness (QED) is 0.784. The van der Waals surface area contributed by atoms with Gasteiger partial charge in [-0.25, -0.2) is 0 Å². The van der Waals surface area contributed by atoms with Gasteiger partial charge in [0.2, 0.25) is 0 Å². The van der Waals surface area contributed by atoms with Crippen molar-refractivity contribution >= 4 is 11.6 Å². The Morgan fingerprint density at radius 3 is 2.77 bits per heavy atom. The molecule has 0 amide bonds. The number of hydrogen-bond donors (Lipinski definition) is 1. The molecule has 0 fully saturated rings. The molecule has 1 N–H and O–H groups in total. The van der Waals surface area contributed by atoms with Crippen molar-refractivity contribution in [2.45, 2.75) is 26.8 Å². The smallest absolute Gasteiger partial charge is 0.0409 e. The van der Waals surface area contributed by atoms with Crippen LogP contribution in [0.1, 0.15) is 31.0 Å². The fourth-order valence-electron chi connectivity index (χ4n) is 1.49. The number of rotatable bonds is 3. The third kappa shape index (κ3) is 2.71. The van der Waals surface area contributed by atoms with Gasteiger partial charge >= 0.3 is 0 Å². The Morgan fingerprint density at radius 1 is 1.46 bits per heavy atom. The van der Waals surface area contributed by atoms with Gasteiger partial charge in [0.1, 0.15) is 0 Å². The summed E-state index contributed by atoms with van der Waals surface area (Å²) >= 11 is 5.93. The second kappa shape index (κ2) is 4.64. The van der Waals surface area contributed by atoms with E-state index in [9.17, 15) is 0 Å². The van der Waals surface area contributed by atoms with Crippen LogP contribution in [0.4, 0.5) is 0 Å². The van der Waals surface area contributed by atoms with Crippen molar-refractivity contribution in [3.8, 4) is 0 Å². The fraction of sp³-hybridized carbons (Fsp3) is 0.455. The molecule has 0 aliphatic carbocycles. The maximum atomic E-state index is 5.93. The predicted molar refractivity (Wildman–Crippen MR) is 58.3 cm³/mol. The molecule has 0 radical (unpaired) electrons. The van der Waals surface area contributed by atoms with Crippen molar-refractivity contribution in [3.63, 3.8) is 0 Å². The number of benzene rings is 1. The van der Waals surface area contributed by atoms with Crippen LogP contribution in [0.3, 0.4) is 0 Å². The van der Waals surface area contributed by atoms with Gasteiger partial charge in [-0.05, 0) is 43.7 Å². The first-order valence-electron chi connectivity index (χ1n) is 4.64. The second-order valence-electron chi connectivity index (χ2n) is 3.28. The van der Waals surface area contributed by atoms with Crippen molar-refractivity contribution in [2.75, 3.05) is 6.54 Å². The van der Waals surface area contributed by atoms with Crippen molar-refractivity contribution in [2.24, 2.45) is 0 Å². The lowest BCUT2D eigenvalue weighted by molar-refractivity contribution is 0.595. The summed E-state index contributed by atoms with van der Waals surface area (Å²) in [5.74, 6) is 0. The van der Waals surface area contributed by atoms with Crippen LogP contribution in [-0.4, -0.2) is 6.54 Å². The summed E-state index contributed by atoms with van der Waals surface area (Å²) in [5, 5.41) is 4.18. The number of hydrogen-bond acceptors (Lipinski definition) is 1. The molecule has 1 aromatic rings. The summed E-state index contributed by atoms with van der Waals surface area (Å²) in [4.78, 5) is 0. The highest BCUT2D eigenvalue weighted by Crippen LogP contribution is 2.21. The largest absolute Gasteiger partial charge is 0.310 e. The number of nitrogens with one attached hydrogen (secondary N) is 1. The Balaban J connectivity index is 2.91. The van der Waals surface area contributed by atoms with E-state index in [0.29, 0.717) is 6.04 Å². The molecular formula is C11H16ClN. The lowest BCUT2D eigenvalue weighted by Crippen LogP contribution is -2.18. The van der Waals surface area contributed by atoms with E-state index in [1.807, 2.05) is 12.1 Å². The normalized spacial score (nSPS) is 12.9. The van der Waals surface area contributed by atoms with Gasteiger partial charge in [-0.2, -0.15) is 0 Å². The van der Waals surface area contributed by atoms with Crippen LogP contribution in [0.2, 0.25) is 5.02 Å².